The van der Waals surface area contributed by atoms with E-state index in [1.807, 2.05) is 6.07 Å². The van der Waals surface area contributed by atoms with E-state index >= 15 is 0 Å². The lowest BCUT2D eigenvalue weighted by atomic mass is 10.0. The van der Waals surface area contributed by atoms with Gasteiger partial charge in [-0.1, -0.05) is 18.2 Å². The van der Waals surface area contributed by atoms with Crippen LogP contribution in [0.5, 0.6) is 5.75 Å². The van der Waals surface area contributed by atoms with Crippen LogP contribution in [0.3, 0.4) is 0 Å². The highest BCUT2D eigenvalue weighted by Crippen LogP contribution is 2.34. The van der Waals surface area contributed by atoms with Crippen LogP contribution in [-0.4, -0.2) is 59.9 Å². The molecular weight excluding hydrogens is 441 g/mol. The van der Waals surface area contributed by atoms with Crippen molar-refractivity contribution in [1.82, 2.24) is 15.1 Å². The van der Waals surface area contributed by atoms with E-state index in [0.717, 1.165) is 23.6 Å². The van der Waals surface area contributed by atoms with Crippen molar-refractivity contribution in [3.63, 3.8) is 0 Å². The second-order valence-electron chi connectivity index (χ2n) is 8.54. The number of benzene rings is 2. The largest absolute Gasteiger partial charge is 0.488 e. The topological polar surface area (TPSA) is 88.2 Å². The van der Waals surface area contributed by atoms with Crippen LogP contribution in [-0.2, 0) is 34.0 Å². The number of ether oxygens (including phenoxy) is 2. The van der Waals surface area contributed by atoms with Gasteiger partial charge in [-0.25, -0.2) is 4.39 Å². The molecule has 0 spiro atoms. The average Bonchev–Trinajstić information content (AvgIpc) is 3.05. The number of hydrogen-bond acceptors (Lipinski definition) is 6. The number of amides is 3. The third kappa shape index (κ3) is 4.53. The molecule has 3 aliphatic heterocycles. The molecule has 0 aliphatic carbocycles. The molecule has 2 fully saturated rings. The molecular formula is C25H26FN3O5. The van der Waals surface area contributed by atoms with Gasteiger partial charge in [0.2, 0.25) is 11.8 Å². The minimum Gasteiger partial charge on any atom is -0.488 e. The highest BCUT2D eigenvalue weighted by Gasteiger charge is 2.40. The maximum Gasteiger partial charge on any atom is 0.255 e. The van der Waals surface area contributed by atoms with Gasteiger partial charge in [0, 0.05) is 42.7 Å². The molecule has 34 heavy (non-hydrogen) atoms. The van der Waals surface area contributed by atoms with Crippen LogP contribution in [0.4, 0.5) is 4.39 Å². The van der Waals surface area contributed by atoms with Gasteiger partial charge in [0.25, 0.3) is 5.91 Å². The van der Waals surface area contributed by atoms with Crippen molar-refractivity contribution < 1.29 is 31.0 Å². The number of nitrogens with one attached hydrogen (secondary N) is 1. The number of hydrogen-bond donors (Lipinski definition) is 1. The van der Waals surface area contributed by atoms with Gasteiger partial charge in [-0.15, -0.1) is 0 Å². The molecule has 8 nitrogen and oxygen atoms in total. The van der Waals surface area contributed by atoms with Crippen molar-refractivity contribution in [1.29, 1.82) is 0 Å². The first-order valence-corrected chi connectivity index (χ1v) is 11.3. The Bertz CT molecular complexity index is 1220. The van der Waals surface area contributed by atoms with Gasteiger partial charge in [0.1, 0.15) is 24.2 Å². The molecule has 178 valence electrons. The van der Waals surface area contributed by atoms with Gasteiger partial charge in [0.15, 0.2) is 0 Å². The fraction of sp³-hybridized carbons (Fsp3) is 0.400. The van der Waals surface area contributed by atoms with Gasteiger partial charge in [-0.2, -0.15) is 0 Å². The normalized spacial score (nSPS) is 23.3. The summed E-state index contributed by atoms with van der Waals surface area (Å²) >= 11 is 0. The Morgan fingerprint density at radius 1 is 1.18 bits per heavy atom. The zero-order valence-electron chi connectivity index (χ0n) is 20.5. The third-order valence-corrected chi connectivity index (χ3v) is 6.24. The van der Waals surface area contributed by atoms with E-state index in [-0.39, 0.29) is 36.3 Å². The Morgan fingerprint density at radius 2 is 2.00 bits per heavy atom. The SMILES string of the molecule is [2H]C1([2H])c2c(OCc3ccc(CN4CCOCC4)cc3F)cccc2C(=O)N1[C@H]1CCC(=O)NC1=O. The molecule has 5 rings (SSSR count). The first-order chi connectivity index (χ1) is 17.3. The molecule has 0 aromatic heterocycles. The van der Waals surface area contributed by atoms with E-state index in [2.05, 4.69) is 10.2 Å². The van der Waals surface area contributed by atoms with Crippen LogP contribution < -0.4 is 10.1 Å². The molecule has 1 atom stereocenters. The summed E-state index contributed by atoms with van der Waals surface area (Å²) in [5.41, 5.74) is 1.19. The van der Waals surface area contributed by atoms with Gasteiger partial charge in [-0.05, 0) is 30.2 Å². The number of imide groups is 1. The molecule has 3 aliphatic rings. The zero-order valence-corrected chi connectivity index (χ0v) is 18.5. The Morgan fingerprint density at radius 3 is 2.76 bits per heavy atom. The Hall–Kier alpha value is -3.30. The second-order valence-corrected chi connectivity index (χ2v) is 8.54. The number of nitrogens with zero attached hydrogens (tertiary/aromatic N) is 2. The Labute approximate surface area is 199 Å². The molecule has 0 saturated carbocycles. The summed E-state index contributed by atoms with van der Waals surface area (Å²) in [5.74, 6) is -2.16. The number of piperidine rings is 1. The lowest BCUT2D eigenvalue weighted by Crippen LogP contribution is -2.52. The number of fused-ring (bicyclic) bond motifs is 1. The first-order valence-electron chi connectivity index (χ1n) is 12.3. The number of rotatable bonds is 6. The molecule has 2 aromatic carbocycles. The Kier molecular flexibility index (Phi) is 5.63. The third-order valence-electron chi connectivity index (χ3n) is 6.24. The van der Waals surface area contributed by atoms with Gasteiger partial charge < -0.3 is 14.4 Å². The monoisotopic (exact) mass is 469 g/mol. The minimum absolute atomic E-state index is 0.0101. The predicted molar refractivity (Wildman–Crippen MR) is 119 cm³/mol. The van der Waals surface area contributed by atoms with Crippen LogP contribution in [0.2, 0.25) is 0 Å². The average molecular weight is 470 g/mol. The standard InChI is InChI=1S/C25H26FN3O5/c26-20-12-16(13-28-8-10-33-11-9-28)4-5-17(20)15-34-22-3-1-2-18-19(22)14-29(25(18)32)21-6-7-23(30)27-24(21)31/h1-5,12,21H,6-11,13-15H2,(H,27,30,31)/t21-/m0/s1/i14D2. The molecule has 2 saturated heterocycles. The molecule has 9 heteroatoms. The van der Waals surface area contributed by atoms with Gasteiger partial charge in [0.05, 0.1) is 22.5 Å². The van der Waals surface area contributed by atoms with E-state index in [9.17, 15) is 18.8 Å². The summed E-state index contributed by atoms with van der Waals surface area (Å²) in [5, 5.41) is 2.17. The fourth-order valence-corrected chi connectivity index (χ4v) is 4.37. The molecule has 0 unspecified atom stereocenters. The lowest BCUT2D eigenvalue weighted by Gasteiger charge is -2.29. The van der Waals surface area contributed by atoms with Crippen LogP contribution in [0.25, 0.3) is 0 Å². The van der Waals surface area contributed by atoms with Crippen molar-refractivity contribution in [3.8, 4) is 5.75 Å². The molecule has 0 bridgehead atoms. The second kappa shape index (κ2) is 9.52. The van der Waals surface area contributed by atoms with E-state index in [4.69, 9.17) is 12.2 Å². The Balaban J connectivity index is 1.33. The van der Waals surface area contributed by atoms with Crippen LogP contribution in [0, 0.1) is 5.82 Å². The van der Waals surface area contributed by atoms with Crippen molar-refractivity contribution in [3.05, 3.63) is 64.5 Å². The van der Waals surface area contributed by atoms with Crippen LogP contribution >= 0.6 is 0 Å². The fourth-order valence-electron chi connectivity index (χ4n) is 4.37. The first kappa shape index (κ1) is 20.1. The van der Waals surface area contributed by atoms with E-state index in [0.29, 0.717) is 25.3 Å². The van der Waals surface area contributed by atoms with E-state index in [1.165, 1.54) is 18.2 Å². The summed E-state index contributed by atoms with van der Waals surface area (Å²) in [7, 11) is 0. The maximum atomic E-state index is 14.8. The molecule has 1 N–H and O–H groups in total. The molecule has 2 aromatic rings. The number of halogens is 1. The van der Waals surface area contributed by atoms with Gasteiger partial charge in [-0.3, -0.25) is 24.6 Å². The number of morpholine rings is 1. The molecule has 3 amide bonds. The summed E-state index contributed by atoms with van der Waals surface area (Å²) in [6.07, 6.45) is 0.0406. The van der Waals surface area contributed by atoms with Gasteiger partial charge >= 0.3 is 0 Å². The molecule has 3 heterocycles. The summed E-state index contributed by atoms with van der Waals surface area (Å²) in [4.78, 5) is 40.1. The van der Waals surface area contributed by atoms with Crippen molar-refractivity contribution in [2.75, 3.05) is 26.3 Å². The minimum atomic E-state index is -2.36. The number of carbonyl (C=O) groups excluding carboxylic acids is 3. The quantitative estimate of drug-likeness (QED) is 0.652. The summed E-state index contributed by atoms with van der Waals surface area (Å²) in [6, 6.07) is 8.36. The smallest absolute Gasteiger partial charge is 0.255 e. The van der Waals surface area contributed by atoms with Crippen LogP contribution in [0.1, 0.15) is 42.6 Å². The van der Waals surface area contributed by atoms with Crippen molar-refractivity contribution >= 4 is 17.7 Å². The number of carbonyl (C=O) groups is 3. The zero-order chi connectivity index (χ0) is 25.4. The molecule has 0 radical (unpaired) electrons. The summed E-state index contributed by atoms with van der Waals surface area (Å²) in [6.45, 7) is 1.00. The van der Waals surface area contributed by atoms with E-state index in [1.54, 1.807) is 12.1 Å². The summed E-state index contributed by atoms with van der Waals surface area (Å²) < 4.78 is 43.4. The van der Waals surface area contributed by atoms with E-state index < -0.39 is 36.1 Å². The van der Waals surface area contributed by atoms with Crippen molar-refractivity contribution in [2.45, 2.75) is 38.5 Å². The maximum absolute atomic E-state index is 14.8. The lowest BCUT2D eigenvalue weighted by molar-refractivity contribution is -0.136. The highest BCUT2D eigenvalue weighted by atomic mass is 19.1. The van der Waals surface area contributed by atoms with Crippen LogP contribution in [0.15, 0.2) is 36.4 Å². The van der Waals surface area contributed by atoms with Crippen molar-refractivity contribution in [2.24, 2.45) is 0 Å². The highest BCUT2D eigenvalue weighted by molar-refractivity contribution is 6.05. The predicted octanol–water partition coefficient (Wildman–Crippen LogP) is 2.00.